The third-order valence-electron chi connectivity index (χ3n) is 4.07. The Balaban J connectivity index is 1.57. The molecule has 0 aliphatic carbocycles. The van der Waals surface area contributed by atoms with Crippen molar-refractivity contribution < 1.29 is 9.84 Å². The molecule has 0 amide bonds. The van der Waals surface area contributed by atoms with Gasteiger partial charge in [0.2, 0.25) is 0 Å². The summed E-state index contributed by atoms with van der Waals surface area (Å²) < 4.78 is 6.94. The van der Waals surface area contributed by atoms with Gasteiger partial charge < -0.3 is 15.2 Å². The van der Waals surface area contributed by atoms with Gasteiger partial charge in [0.05, 0.1) is 18.9 Å². The molecule has 6 nitrogen and oxygen atoms in total. The Morgan fingerprint density at radius 1 is 1.24 bits per heavy atom. The molecule has 0 saturated heterocycles. The Hall–Kier alpha value is -2.70. The molecule has 1 aromatic heterocycles. The van der Waals surface area contributed by atoms with Gasteiger partial charge in [-0.2, -0.15) is 5.10 Å². The number of aryl methyl sites for hydroxylation is 1. The molecule has 0 saturated carbocycles. The lowest BCUT2D eigenvalue weighted by molar-refractivity contribution is 0.174. The van der Waals surface area contributed by atoms with Gasteiger partial charge in [0.15, 0.2) is 0 Å². The number of aromatic nitrogens is 3. The summed E-state index contributed by atoms with van der Waals surface area (Å²) in [6, 6.07) is 13.7. The molecule has 0 aliphatic rings. The van der Waals surface area contributed by atoms with Crippen molar-refractivity contribution in [3.63, 3.8) is 0 Å². The van der Waals surface area contributed by atoms with Gasteiger partial charge in [-0.1, -0.05) is 24.3 Å². The van der Waals surface area contributed by atoms with E-state index < -0.39 is 6.10 Å². The van der Waals surface area contributed by atoms with Crippen LogP contribution in [0.2, 0.25) is 0 Å². The number of methoxy groups -OCH3 is 1. The summed E-state index contributed by atoms with van der Waals surface area (Å²) in [5, 5.41) is 17.8. The summed E-state index contributed by atoms with van der Waals surface area (Å²) in [5.41, 5.74) is 4.12. The summed E-state index contributed by atoms with van der Waals surface area (Å²) in [5.74, 6) is 0.746. The number of aliphatic hydroxyl groups is 1. The SMILES string of the molecule is COc1cccc(C(O)CNCc2ccc(-n3cncn3)c(C)c2)c1. The summed E-state index contributed by atoms with van der Waals surface area (Å²) in [4.78, 5) is 3.97. The summed E-state index contributed by atoms with van der Waals surface area (Å²) in [7, 11) is 1.62. The molecule has 1 atom stereocenters. The molecule has 0 fully saturated rings. The first kappa shape index (κ1) is 17.1. The van der Waals surface area contributed by atoms with Crippen molar-refractivity contribution in [3.05, 3.63) is 71.8 Å². The van der Waals surface area contributed by atoms with E-state index in [2.05, 4.69) is 27.5 Å². The maximum absolute atomic E-state index is 10.3. The molecule has 3 aromatic rings. The fourth-order valence-corrected chi connectivity index (χ4v) is 2.74. The standard InChI is InChI=1S/C19H22N4O2/c1-14-8-15(6-7-18(14)23-13-21-12-22-23)10-20-11-19(24)16-4-3-5-17(9-16)25-2/h3-9,12-13,19-20,24H,10-11H2,1-2H3. The third-order valence-corrected chi connectivity index (χ3v) is 4.07. The first-order chi connectivity index (χ1) is 12.2. The molecular weight excluding hydrogens is 316 g/mol. The normalized spacial score (nSPS) is 12.1. The minimum absolute atomic E-state index is 0.469. The maximum atomic E-state index is 10.3. The number of hydrogen-bond donors (Lipinski definition) is 2. The van der Waals surface area contributed by atoms with E-state index in [1.165, 1.54) is 6.33 Å². The van der Waals surface area contributed by atoms with Crippen LogP contribution in [0, 0.1) is 6.92 Å². The largest absolute Gasteiger partial charge is 0.497 e. The van der Waals surface area contributed by atoms with E-state index in [0.29, 0.717) is 13.1 Å². The molecule has 6 heteroatoms. The Kier molecular flexibility index (Phi) is 5.42. The number of hydrogen-bond acceptors (Lipinski definition) is 5. The summed E-state index contributed by atoms with van der Waals surface area (Å²) in [6.07, 6.45) is 2.63. The van der Waals surface area contributed by atoms with Crippen LogP contribution in [0.4, 0.5) is 0 Å². The van der Waals surface area contributed by atoms with Crippen LogP contribution in [-0.2, 0) is 6.54 Å². The van der Waals surface area contributed by atoms with Gasteiger partial charge in [-0.3, -0.25) is 0 Å². The quantitative estimate of drug-likeness (QED) is 0.692. The van der Waals surface area contributed by atoms with Crippen LogP contribution < -0.4 is 10.1 Å². The van der Waals surface area contributed by atoms with E-state index in [4.69, 9.17) is 4.74 Å². The molecule has 0 radical (unpaired) electrons. The number of rotatable bonds is 7. The fraction of sp³-hybridized carbons (Fsp3) is 0.263. The van der Waals surface area contributed by atoms with Gasteiger partial charge in [0.25, 0.3) is 0 Å². The molecule has 3 rings (SSSR count). The van der Waals surface area contributed by atoms with Crippen LogP contribution in [0.5, 0.6) is 5.75 Å². The zero-order chi connectivity index (χ0) is 17.6. The second-order valence-corrected chi connectivity index (χ2v) is 5.88. The van der Waals surface area contributed by atoms with Crippen LogP contribution in [-0.4, -0.2) is 33.5 Å². The fourth-order valence-electron chi connectivity index (χ4n) is 2.74. The van der Waals surface area contributed by atoms with Crippen LogP contribution in [0.3, 0.4) is 0 Å². The van der Waals surface area contributed by atoms with Gasteiger partial charge in [0.1, 0.15) is 18.4 Å². The number of ether oxygens (including phenoxy) is 1. The monoisotopic (exact) mass is 338 g/mol. The van der Waals surface area contributed by atoms with Crippen molar-refractivity contribution in [2.24, 2.45) is 0 Å². The lowest BCUT2D eigenvalue weighted by atomic mass is 10.1. The van der Waals surface area contributed by atoms with Crippen LogP contribution >= 0.6 is 0 Å². The van der Waals surface area contributed by atoms with E-state index in [0.717, 1.165) is 28.1 Å². The van der Waals surface area contributed by atoms with E-state index >= 15 is 0 Å². The molecule has 2 aromatic carbocycles. The van der Waals surface area contributed by atoms with Gasteiger partial charge in [-0.25, -0.2) is 9.67 Å². The predicted octanol–water partition coefficient (Wildman–Crippen LogP) is 2.41. The van der Waals surface area contributed by atoms with Crippen molar-refractivity contribution in [2.45, 2.75) is 19.6 Å². The van der Waals surface area contributed by atoms with Gasteiger partial charge >= 0.3 is 0 Å². The molecule has 2 N–H and O–H groups in total. The van der Waals surface area contributed by atoms with Crippen LogP contribution in [0.1, 0.15) is 22.8 Å². The highest BCUT2D eigenvalue weighted by Gasteiger charge is 2.08. The second-order valence-electron chi connectivity index (χ2n) is 5.88. The van der Waals surface area contributed by atoms with E-state index in [1.54, 1.807) is 18.1 Å². The zero-order valence-corrected chi connectivity index (χ0v) is 14.4. The minimum atomic E-state index is -0.578. The number of benzene rings is 2. The third kappa shape index (κ3) is 4.23. The highest BCUT2D eigenvalue weighted by Crippen LogP contribution is 2.19. The lowest BCUT2D eigenvalue weighted by Crippen LogP contribution is -2.21. The summed E-state index contributed by atoms with van der Waals surface area (Å²) in [6.45, 7) is 3.20. The van der Waals surface area contributed by atoms with Crippen LogP contribution in [0.25, 0.3) is 5.69 Å². The molecule has 0 bridgehead atoms. The predicted molar refractivity (Wildman–Crippen MR) is 95.8 cm³/mol. The van der Waals surface area contributed by atoms with Gasteiger partial charge in [0, 0.05) is 13.1 Å². The lowest BCUT2D eigenvalue weighted by Gasteiger charge is -2.14. The molecule has 25 heavy (non-hydrogen) atoms. The van der Waals surface area contributed by atoms with Crippen molar-refractivity contribution >= 4 is 0 Å². The van der Waals surface area contributed by atoms with Gasteiger partial charge in [-0.15, -0.1) is 0 Å². The van der Waals surface area contributed by atoms with Crippen LogP contribution in [0.15, 0.2) is 55.1 Å². The molecule has 0 spiro atoms. The maximum Gasteiger partial charge on any atom is 0.138 e. The Labute approximate surface area is 147 Å². The first-order valence-electron chi connectivity index (χ1n) is 8.14. The molecule has 1 unspecified atom stereocenters. The Bertz CT molecular complexity index is 818. The number of nitrogens with one attached hydrogen (secondary N) is 1. The average Bonchev–Trinajstić information content (AvgIpc) is 3.16. The Morgan fingerprint density at radius 3 is 2.84 bits per heavy atom. The second kappa shape index (κ2) is 7.92. The minimum Gasteiger partial charge on any atom is -0.497 e. The number of aliphatic hydroxyl groups excluding tert-OH is 1. The average molecular weight is 338 g/mol. The van der Waals surface area contributed by atoms with Crippen molar-refractivity contribution in [3.8, 4) is 11.4 Å². The molecule has 0 aliphatic heterocycles. The smallest absolute Gasteiger partial charge is 0.138 e. The highest BCUT2D eigenvalue weighted by molar-refractivity contribution is 5.41. The van der Waals surface area contributed by atoms with Crippen molar-refractivity contribution in [1.82, 2.24) is 20.1 Å². The highest BCUT2D eigenvalue weighted by atomic mass is 16.5. The van der Waals surface area contributed by atoms with E-state index in [9.17, 15) is 5.11 Å². The molecule has 1 heterocycles. The van der Waals surface area contributed by atoms with Crippen molar-refractivity contribution in [1.29, 1.82) is 0 Å². The van der Waals surface area contributed by atoms with Gasteiger partial charge in [-0.05, 0) is 41.8 Å². The number of nitrogens with zero attached hydrogens (tertiary/aromatic N) is 3. The molecule has 130 valence electrons. The molecular formula is C19H22N4O2. The zero-order valence-electron chi connectivity index (χ0n) is 14.4. The first-order valence-corrected chi connectivity index (χ1v) is 8.14. The summed E-state index contributed by atoms with van der Waals surface area (Å²) >= 11 is 0. The Morgan fingerprint density at radius 2 is 2.12 bits per heavy atom. The topological polar surface area (TPSA) is 72.2 Å². The van der Waals surface area contributed by atoms with E-state index in [-0.39, 0.29) is 0 Å². The van der Waals surface area contributed by atoms with Crippen molar-refractivity contribution in [2.75, 3.05) is 13.7 Å². The van der Waals surface area contributed by atoms with E-state index in [1.807, 2.05) is 37.3 Å².